The zero-order valence-corrected chi connectivity index (χ0v) is 21.5. The number of unbranched alkanes of at least 4 members (excludes halogenated alkanes) is 7. The molecule has 36 heavy (non-hydrogen) atoms. The van der Waals surface area contributed by atoms with Gasteiger partial charge < -0.3 is 4.74 Å². The predicted molar refractivity (Wildman–Crippen MR) is 142 cm³/mol. The minimum Gasteiger partial charge on any atom is -0.462 e. The Hall–Kier alpha value is -2.95. The van der Waals surface area contributed by atoms with Crippen molar-refractivity contribution < 1.29 is 19.1 Å². The maximum atomic E-state index is 13.4. The first-order valence-corrected chi connectivity index (χ1v) is 13.8. The highest BCUT2D eigenvalue weighted by molar-refractivity contribution is 6.22. The second-order valence-electron chi connectivity index (χ2n) is 10.3. The van der Waals surface area contributed by atoms with Crippen molar-refractivity contribution in [2.75, 3.05) is 11.5 Å². The van der Waals surface area contributed by atoms with Crippen LogP contribution in [0.25, 0.3) is 0 Å². The number of fused-ring (bicyclic) bond motifs is 1. The van der Waals surface area contributed by atoms with Crippen molar-refractivity contribution in [3.8, 4) is 0 Å². The number of hydrogen-bond acceptors (Lipinski definition) is 4. The zero-order chi connectivity index (χ0) is 25.3. The lowest BCUT2D eigenvalue weighted by molar-refractivity contribution is -0.122. The molecular weight excluding hydrogens is 450 g/mol. The molecule has 1 aliphatic carbocycles. The van der Waals surface area contributed by atoms with E-state index in [0.717, 1.165) is 19.3 Å². The van der Waals surface area contributed by atoms with Gasteiger partial charge in [0.2, 0.25) is 11.8 Å². The summed E-state index contributed by atoms with van der Waals surface area (Å²) in [5, 5.41) is 0. The van der Waals surface area contributed by atoms with Crippen LogP contribution in [-0.2, 0) is 14.3 Å². The minimum absolute atomic E-state index is 0.138. The number of carbonyl (C=O) groups is 3. The molecule has 0 radical (unpaired) electrons. The molecule has 0 aromatic heterocycles. The molecule has 3 atom stereocenters. The first-order chi connectivity index (χ1) is 17.6. The fourth-order valence-corrected chi connectivity index (χ4v) is 5.72. The molecule has 2 aliphatic rings. The van der Waals surface area contributed by atoms with Crippen LogP contribution in [0.15, 0.2) is 54.6 Å². The van der Waals surface area contributed by atoms with E-state index >= 15 is 0 Å². The molecular formula is C31H39NO4. The Morgan fingerprint density at radius 3 is 2.28 bits per heavy atom. The molecule has 0 spiro atoms. The van der Waals surface area contributed by atoms with Crippen LogP contribution in [0.1, 0.15) is 99.4 Å². The van der Waals surface area contributed by atoms with Gasteiger partial charge in [-0.2, -0.15) is 0 Å². The van der Waals surface area contributed by atoms with Gasteiger partial charge in [0.15, 0.2) is 0 Å². The number of rotatable bonds is 12. The van der Waals surface area contributed by atoms with Gasteiger partial charge in [-0.25, -0.2) is 4.79 Å². The Bertz CT molecular complexity index is 1030. The largest absolute Gasteiger partial charge is 0.462 e. The topological polar surface area (TPSA) is 63.7 Å². The molecule has 4 rings (SSSR count). The van der Waals surface area contributed by atoms with E-state index in [1.165, 1.54) is 49.0 Å². The lowest BCUT2D eigenvalue weighted by Gasteiger charge is -2.28. The smallest absolute Gasteiger partial charge is 0.338 e. The number of benzene rings is 2. The number of imide groups is 1. The summed E-state index contributed by atoms with van der Waals surface area (Å²) in [4.78, 5) is 40.5. The van der Waals surface area contributed by atoms with Crippen molar-refractivity contribution >= 4 is 23.5 Å². The van der Waals surface area contributed by atoms with Crippen molar-refractivity contribution in [2.24, 2.45) is 11.8 Å². The Labute approximate surface area is 215 Å². The molecule has 2 amide bonds. The second kappa shape index (κ2) is 12.8. The van der Waals surface area contributed by atoms with Gasteiger partial charge in [0, 0.05) is 0 Å². The highest BCUT2D eigenvalue weighted by Gasteiger charge is 2.50. The van der Waals surface area contributed by atoms with Crippen molar-refractivity contribution in [1.82, 2.24) is 0 Å². The number of ether oxygens (including phenoxy) is 1. The van der Waals surface area contributed by atoms with E-state index in [9.17, 15) is 14.4 Å². The third kappa shape index (κ3) is 6.24. The molecule has 1 heterocycles. The van der Waals surface area contributed by atoms with E-state index in [-0.39, 0.29) is 23.7 Å². The summed E-state index contributed by atoms with van der Waals surface area (Å²) in [5.74, 6) is -0.956. The number of nitrogens with zero attached hydrogens (tertiary/aromatic N) is 1. The first kappa shape index (κ1) is 26.1. The average molecular weight is 490 g/mol. The molecule has 1 saturated heterocycles. The Kier molecular flexibility index (Phi) is 9.32. The Morgan fingerprint density at radius 2 is 1.53 bits per heavy atom. The van der Waals surface area contributed by atoms with E-state index in [1.807, 2.05) is 18.2 Å². The second-order valence-corrected chi connectivity index (χ2v) is 10.3. The Morgan fingerprint density at radius 1 is 0.833 bits per heavy atom. The molecule has 1 aliphatic heterocycles. The maximum Gasteiger partial charge on any atom is 0.338 e. The van der Waals surface area contributed by atoms with Crippen LogP contribution in [0.5, 0.6) is 0 Å². The van der Waals surface area contributed by atoms with Crippen LogP contribution in [-0.4, -0.2) is 24.4 Å². The van der Waals surface area contributed by atoms with Crippen LogP contribution >= 0.6 is 0 Å². The van der Waals surface area contributed by atoms with E-state index in [2.05, 4.69) is 19.1 Å². The Balaban J connectivity index is 1.31. The normalized spacial score (nSPS) is 21.5. The maximum absolute atomic E-state index is 13.4. The van der Waals surface area contributed by atoms with Gasteiger partial charge in [-0.05, 0) is 55.4 Å². The fourth-order valence-electron chi connectivity index (χ4n) is 5.72. The summed E-state index contributed by atoms with van der Waals surface area (Å²) in [7, 11) is 0. The minimum atomic E-state index is -0.402. The van der Waals surface area contributed by atoms with Gasteiger partial charge in [-0.1, -0.05) is 88.3 Å². The molecule has 5 heteroatoms. The third-order valence-corrected chi connectivity index (χ3v) is 7.77. The van der Waals surface area contributed by atoms with Crippen molar-refractivity contribution in [2.45, 2.75) is 83.5 Å². The molecule has 192 valence electrons. The molecule has 2 fully saturated rings. The van der Waals surface area contributed by atoms with Crippen LogP contribution in [0, 0.1) is 11.8 Å². The number of amides is 2. The zero-order valence-electron chi connectivity index (χ0n) is 21.5. The molecule has 0 bridgehead atoms. The monoisotopic (exact) mass is 489 g/mol. The van der Waals surface area contributed by atoms with Crippen molar-refractivity contribution in [1.29, 1.82) is 0 Å². The molecule has 1 saturated carbocycles. The van der Waals surface area contributed by atoms with Crippen LogP contribution < -0.4 is 4.90 Å². The summed E-state index contributed by atoms with van der Waals surface area (Å²) in [6.07, 6.45) is 11.8. The van der Waals surface area contributed by atoms with Crippen LogP contribution in [0.4, 0.5) is 5.69 Å². The summed E-state index contributed by atoms with van der Waals surface area (Å²) in [6, 6.07) is 17.0. The molecule has 0 unspecified atom stereocenters. The number of hydrogen-bond donors (Lipinski definition) is 0. The molecule has 2 aromatic rings. The lowest BCUT2D eigenvalue weighted by atomic mass is 9.73. The van der Waals surface area contributed by atoms with Gasteiger partial charge in [-0.3, -0.25) is 14.5 Å². The van der Waals surface area contributed by atoms with Gasteiger partial charge in [0.25, 0.3) is 0 Å². The average Bonchev–Trinajstić information content (AvgIpc) is 3.17. The van der Waals surface area contributed by atoms with Crippen LogP contribution in [0.2, 0.25) is 0 Å². The molecule has 5 nitrogen and oxygen atoms in total. The standard InChI is InChI=1S/C31H39NO4/c1-2-3-4-5-6-7-8-12-20-36-31(35)25-16-13-17-26(21-25)32-29(33)27-19-18-24(22-28(27)30(32)34)23-14-10-9-11-15-23/h9-11,13-17,21,24,27-28H,2-8,12,18-20,22H2,1H3/t24-,27-,28+/m1/s1. The third-order valence-electron chi connectivity index (χ3n) is 7.77. The first-order valence-electron chi connectivity index (χ1n) is 13.8. The van der Waals surface area contributed by atoms with Crippen LogP contribution in [0.3, 0.4) is 0 Å². The molecule has 2 aromatic carbocycles. The van der Waals surface area contributed by atoms with E-state index in [4.69, 9.17) is 4.74 Å². The summed E-state index contributed by atoms with van der Waals surface area (Å²) >= 11 is 0. The summed E-state index contributed by atoms with van der Waals surface area (Å²) < 4.78 is 5.47. The fraction of sp³-hybridized carbons (Fsp3) is 0.516. The van der Waals surface area contributed by atoms with E-state index in [0.29, 0.717) is 36.6 Å². The van der Waals surface area contributed by atoms with Crippen molar-refractivity contribution in [3.63, 3.8) is 0 Å². The van der Waals surface area contributed by atoms with Crippen molar-refractivity contribution in [3.05, 3.63) is 65.7 Å². The summed E-state index contributed by atoms with van der Waals surface area (Å²) in [6.45, 7) is 2.61. The number of esters is 1. The highest BCUT2D eigenvalue weighted by atomic mass is 16.5. The SMILES string of the molecule is CCCCCCCCCCOC(=O)c1cccc(N2C(=O)[C@H]3C[C@H](c4ccccc4)CC[C@H]3C2=O)c1. The van der Waals surface area contributed by atoms with Gasteiger partial charge in [0.1, 0.15) is 0 Å². The predicted octanol–water partition coefficient (Wildman–Crippen LogP) is 7.06. The number of anilines is 1. The van der Waals surface area contributed by atoms with Gasteiger partial charge >= 0.3 is 5.97 Å². The number of carbonyl (C=O) groups excluding carboxylic acids is 3. The van der Waals surface area contributed by atoms with E-state index < -0.39 is 5.97 Å². The highest BCUT2D eigenvalue weighted by Crippen LogP contribution is 2.45. The lowest BCUT2D eigenvalue weighted by Crippen LogP contribution is -2.31. The summed E-state index contributed by atoms with van der Waals surface area (Å²) in [5.41, 5.74) is 2.08. The quantitative estimate of drug-likeness (QED) is 0.182. The van der Waals surface area contributed by atoms with Gasteiger partial charge in [0.05, 0.1) is 29.7 Å². The van der Waals surface area contributed by atoms with Gasteiger partial charge in [-0.15, -0.1) is 0 Å². The van der Waals surface area contributed by atoms with E-state index in [1.54, 1.807) is 24.3 Å². The molecule has 0 N–H and O–H groups in total.